The fourth-order valence-corrected chi connectivity index (χ4v) is 3.74. The molecule has 2 amide bonds. The minimum atomic E-state index is -0.295. The Hall–Kier alpha value is -3.60. The van der Waals surface area contributed by atoms with E-state index in [0.29, 0.717) is 31.8 Å². The first kappa shape index (κ1) is 23.1. The highest BCUT2D eigenvalue weighted by Crippen LogP contribution is 2.22. The first-order valence-corrected chi connectivity index (χ1v) is 10.9. The predicted molar refractivity (Wildman–Crippen MR) is 126 cm³/mol. The molecule has 0 aliphatic rings. The third-order valence-corrected chi connectivity index (χ3v) is 5.39. The summed E-state index contributed by atoms with van der Waals surface area (Å²) in [5.41, 5.74) is 1.97. The van der Waals surface area contributed by atoms with Gasteiger partial charge in [-0.15, -0.1) is 6.58 Å². The summed E-state index contributed by atoms with van der Waals surface area (Å²) < 4.78 is 5.47. The molecule has 0 aliphatic heterocycles. The molecule has 0 fully saturated rings. The van der Waals surface area contributed by atoms with Gasteiger partial charge in [0.2, 0.25) is 11.8 Å². The highest BCUT2D eigenvalue weighted by molar-refractivity contribution is 5.88. The van der Waals surface area contributed by atoms with Crippen LogP contribution in [0, 0.1) is 0 Å². The predicted octanol–water partition coefficient (Wildman–Crippen LogP) is 5.02. The Morgan fingerprint density at radius 1 is 0.938 bits per heavy atom. The maximum absolute atomic E-state index is 13.4. The molecular weight excluding hydrogens is 400 g/mol. The van der Waals surface area contributed by atoms with Crippen LogP contribution in [0.4, 0.5) is 0 Å². The summed E-state index contributed by atoms with van der Waals surface area (Å²) in [6.45, 7) is 6.85. The molecule has 0 bridgehead atoms. The molecule has 5 heteroatoms. The van der Waals surface area contributed by atoms with E-state index < -0.39 is 0 Å². The van der Waals surface area contributed by atoms with Crippen molar-refractivity contribution in [2.75, 3.05) is 13.1 Å². The van der Waals surface area contributed by atoms with Crippen molar-refractivity contribution < 1.29 is 14.0 Å². The van der Waals surface area contributed by atoms with Crippen LogP contribution in [-0.4, -0.2) is 34.7 Å². The van der Waals surface area contributed by atoms with Crippen LogP contribution in [0.25, 0.3) is 0 Å². The van der Waals surface area contributed by atoms with E-state index >= 15 is 0 Å². The maximum atomic E-state index is 13.4. The fourth-order valence-electron chi connectivity index (χ4n) is 3.74. The Kier molecular flexibility index (Phi) is 8.44. The Bertz CT molecular complexity index is 984. The van der Waals surface area contributed by atoms with Crippen LogP contribution in [0.15, 0.2) is 96.1 Å². The van der Waals surface area contributed by atoms with Gasteiger partial charge in [0.15, 0.2) is 0 Å². The lowest BCUT2D eigenvalue weighted by atomic mass is 9.95. The van der Waals surface area contributed by atoms with Gasteiger partial charge in [-0.2, -0.15) is 0 Å². The topological polar surface area (TPSA) is 53.8 Å². The van der Waals surface area contributed by atoms with E-state index in [9.17, 15) is 9.59 Å². The number of benzene rings is 2. The van der Waals surface area contributed by atoms with Crippen molar-refractivity contribution in [2.24, 2.45) is 0 Å². The van der Waals surface area contributed by atoms with Gasteiger partial charge in [0.1, 0.15) is 12.3 Å². The van der Waals surface area contributed by atoms with Gasteiger partial charge in [0, 0.05) is 13.1 Å². The summed E-state index contributed by atoms with van der Waals surface area (Å²) in [6.07, 6.45) is 3.92. The molecule has 3 rings (SSSR count). The standard InChI is InChI=1S/C27H30N2O3/c1-3-17-28(27(31)25(4-2)23-14-9-6-10-15-23)21-26(30)29(20-24-16-11-18-32-24)19-22-12-7-5-8-13-22/h3,5-16,18,25H,1,4,17,19-21H2,2H3. The molecule has 1 aromatic heterocycles. The van der Waals surface area contributed by atoms with Gasteiger partial charge in [-0.05, 0) is 29.7 Å². The normalized spacial score (nSPS) is 11.5. The molecule has 0 N–H and O–H groups in total. The third kappa shape index (κ3) is 6.20. The number of nitrogens with zero attached hydrogens (tertiary/aromatic N) is 2. The number of carbonyl (C=O) groups is 2. The molecule has 0 spiro atoms. The first-order valence-electron chi connectivity index (χ1n) is 10.9. The lowest BCUT2D eigenvalue weighted by molar-refractivity contribution is -0.141. The van der Waals surface area contributed by atoms with Gasteiger partial charge in [0.25, 0.3) is 0 Å². The Balaban J connectivity index is 1.78. The molecule has 5 nitrogen and oxygen atoms in total. The van der Waals surface area contributed by atoms with Crippen LogP contribution < -0.4 is 0 Å². The molecule has 1 atom stereocenters. The van der Waals surface area contributed by atoms with E-state index in [4.69, 9.17) is 4.42 Å². The van der Waals surface area contributed by atoms with E-state index in [1.807, 2.05) is 73.7 Å². The number of furan rings is 1. The van der Waals surface area contributed by atoms with Crippen molar-refractivity contribution in [3.05, 3.63) is 109 Å². The summed E-state index contributed by atoms with van der Waals surface area (Å²) in [6, 6.07) is 23.2. The molecule has 32 heavy (non-hydrogen) atoms. The van der Waals surface area contributed by atoms with Crippen molar-refractivity contribution in [1.82, 2.24) is 9.80 Å². The van der Waals surface area contributed by atoms with Gasteiger partial charge in [0.05, 0.1) is 18.7 Å². The average Bonchev–Trinajstić information content (AvgIpc) is 3.33. The van der Waals surface area contributed by atoms with Gasteiger partial charge < -0.3 is 14.2 Å². The lowest BCUT2D eigenvalue weighted by Crippen LogP contribution is -2.44. The highest BCUT2D eigenvalue weighted by Gasteiger charge is 2.27. The molecule has 0 aliphatic carbocycles. The van der Waals surface area contributed by atoms with Crippen LogP contribution in [0.3, 0.4) is 0 Å². The monoisotopic (exact) mass is 430 g/mol. The fraction of sp³-hybridized carbons (Fsp3) is 0.259. The number of carbonyl (C=O) groups excluding carboxylic acids is 2. The average molecular weight is 431 g/mol. The molecule has 166 valence electrons. The van der Waals surface area contributed by atoms with Gasteiger partial charge in [-0.3, -0.25) is 9.59 Å². The minimum absolute atomic E-state index is 0.0122. The molecule has 3 aromatic rings. The van der Waals surface area contributed by atoms with Crippen molar-refractivity contribution in [1.29, 1.82) is 0 Å². The summed E-state index contributed by atoms with van der Waals surface area (Å²) >= 11 is 0. The van der Waals surface area contributed by atoms with Crippen molar-refractivity contribution in [3.8, 4) is 0 Å². The maximum Gasteiger partial charge on any atom is 0.242 e. The minimum Gasteiger partial charge on any atom is -0.467 e. The van der Waals surface area contributed by atoms with Crippen molar-refractivity contribution in [3.63, 3.8) is 0 Å². The van der Waals surface area contributed by atoms with Crippen molar-refractivity contribution in [2.45, 2.75) is 32.4 Å². The Labute approximate surface area is 190 Å². The summed E-state index contributed by atoms with van der Waals surface area (Å²) in [7, 11) is 0. The molecule has 0 saturated carbocycles. The molecular formula is C27H30N2O3. The second-order valence-corrected chi connectivity index (χ2v) is 7.69. The summed E-state index contributed by atoms with van der Waals surface area (Å²) in [5.74, 6) is 0.205. The van der Waals surface area contributed by atoms with E-state index in [2.05, 4.69) is 6.58 Å². The second kappa shape index (κ2) is 11.7. The van der Waals surface area contributed by atoms with E-state index in [1.54, 1.807) is 28.2 Å². The molecule has 0 saturated heterocycles. The largest absolute Gasteiger partial charge is 0.467 e. The van der Waals surface area contributed by atoms with Crippen LogP contribution >= 0.6 is 0 Å². The lowest BCUT2D eigenvalue weighted by Gasteiger charge is -2.29. The molecule has 1 heterocycles. The number of hydrogen-bond donors (Lipinski definition) is 0. The van der Waals surface area contributed by atoms with Crippen LogP contribution in [0.1, 0.15) is 36.1 Å². The zero-order valence-corrected chi connectivity index (χ0v) is 18.5. The van der Waals surface area contributed by atoms with E-state index in [0.717, 1.165) is 11.1 Å². The zero-order chi connectivity index (χ0) is 22.8. The van der Waals surface area contributed by atoms with Crippen LogP contribution in [-0.2, 0) is 22.7 Å². The zero-order valence-electron chi connectivity index (χ0n) is 18.5. The van der Waals surface area contributed by atoms with Crippen LogP contribution in [0.2, 0.25) is 0 Å². The smallest absolute Gasteiger partial charge is 0.242 e. The molecule has 1 unspecified atom stereocenters. The van der Waals surface area contributed by atoms with Crippen LogP contribution in [0.5, 0.6) is 0 Å². The Morgan fingerprint density at radius 3 is 2.22 bits per heavy atom. The molecule has 0 radical (unpaired) electrons. The Morgan fingerprint density at radius 2 is 1.62 bits per heavy atom. The first-order chi connectivity index (χ1) is 15.6. The number of amides is 2. The van der Waals surface area contributed by atoms with Gasteiger partial charge in [-0.25, -0.2) is 0 Å². The third-order valence-electron chi connectivity index (χ3n) is 5.39. The summed E-state index contributed by atoms with van der Waals surface area (Å²) in [5, 5.41) is 0. The summed E-state index contributed by atoms with van der Waals surface area (Å²) in [4.78, 5) is 30.1. The number of hydrogen-bond acceptors (Lipinski definition) is 3. The molecule has 2 aromatic carbocycles. The van der Waals surface area contributed by atoms with Crippen molar-refractivity contribution >= 4 is 11.8 Å². The quantitative estimate of drug-likeness (QED) is 0.402. The van der Waals surface area contributed by atoms with Gasteiger partial charge >= 0.3 is 0 Å². The second-order valence-electron chi connectivity index (χ2n) is 7.69. The van der Waals surface area contributed by atoms with E-state index in [-0.39, 0.29) is 24.3 Å². The SMILES string of the molecule is C=CCN(CC(=O)N(Cc1ccccc1)Cc1ccco1)C(=O)C(CC)c1ccccc1. The number of rotatable bonds is 11. The highest BCUT2D eigenvalue weighted by atomic mass is 16.3. The van der Waals surface area contributed by atoms with E-state index in [1.165, 1.54) is 0 Å². The van der Waals surface area contributed by atoms with Gasteiger partial charge in [-0.1, -0.05) is 73.7 Å².